The van der Waals surface area contributed by atoms with E-state index in [1.807, 2.05) is 30.3 Å². The molecule has 0 heterocycles. The van der Waals surface area contributed by atoms with Crippen LogP contribution in [0, 0.1) is 0 Å². The second-order valence-corrected chi connectivity index (χ2v) is 5.85. The van der Waals surface area contributed by atoms with Gasteiger partial charge in [-0.3, -0.25) is 4.79 Å². The molecule has 4 nitrogen and oxygen atoms in total. The number of benzene rings is 2. The summed E-state index contributed by atoms with van der Waals surface area (Å²) in [6.45, 7) is 0. The molecule has 1 aliphatic carbocycles. The quantitative estimate of drug-likeness (QED) is 0.829. The first-order chi connectivity index (χ1) is 11.7. The number of nitrogens with one attached hydrogen (secondary N) is 1. The summed E-state index contributed by atoms with van der Waals surface area (Å²) in [5.74, 6) is 1.74. The minimum Gasteiger partial charge on any atom is -0.497 e. The van der Waals surface area contributed by atoms with Crippen LogP contribution in [0.3, 0.4) is 0 Å². The average molecular weight is 323 g/mol. The fraction of sp³-hybridized carbons (Fsp3) is 0.250. The Hall–Kier alpha value is -2.75. The van der Waals surface area contributed by atoms with Crippen LogP contribution >= 0.6 is 0 Å². The summed E-state index contributed by atoms with van der Waals surface area (Å²) < 4.78 is 10.5. The van der Waals surface area contributed by atoms with Crippen molar-refractivity contribution in [2.75, 3.05) is 14.2 Å². The lowest BCUT2D eigenvalue weighted by atomic mass is 10.1. The van der Waals surface area contributed by atoms with Crippen molar-refractivity contribution >= 4 is 12.0 Å². The van der Waals surface area contributed by atoms with Crippen LogP contribution < -0.4 is 14.8 Å². The van der Waals surface area contributed by atoms with Crippen LogP contribution in [-0.2, 0) is 4.79 Å². The number of hydrogen-bond donors (Lipinski definition) is 1. The van der Waals surface area contributed by atoms with Gasteiger partial charge in [-0.1, -0.05) is 30.3 Å². The van der Waals surface area contributed by atoms with E-state index >= 15 is 0 Å². The first kappa shape index (κ1) is 16.1. The summed E-state index contributed by atoms with van der Waals surface area (Å²) in [4.78, 5) is 12.1. The Morgan fingerprint density at radius 2 is 1.75 bits per heavy atom. The van der Waals surface area contributed by atoms with Gasteiger partial charge in [0.1, 0.15) is 11.5 Å². The van der Waals surface area contributed by atoms with Crippen molar-refractivity contribution in [1.82, 2.24) is 5.32 Å². The van der Waals surface area contributed by atoms with E-state index in [4.69, 9.17) is 9.47 Å². The van der Waals surface area contributed by atoms with Crippen molar-refractivity contribution in [3.8, 4) is 11.5 Å². The normalized spacial score (nSPS) is 19.1. The third-order valence-corrected chi connectivity index (χ3v) is 4.15. The topological polar surface area (TPSA) is 47.6 Å². The van der Waals surface area contributed by atoms with Crippen LogP contribution in [0.2, 0.25) is 0 Å². The molecular weight excluding hydrogens is 302 g/mol. The molecule has 3 rings (SSSR count). The van der Waals surface area contributed by atoms with E-state index in [-0.39, 0.29) is 11.9 Å². The SMILES string of the molecule is COc1cc(C=CC(=O)NC2CC2c2ccccc2)cc(OC)c1. The molecule has 2 atom stereocenters. The molecule has 0 spiro atoms. The molecule has 4 heteroatoms. The lowest BCUT2D eigenvalue weighted by Crippen LogP contribution is -2.24. The van der Waals surface area contributed by atoms with Crippen LogP contribution in [0.1, 0.15) is 23.5 Å². The highest BCUT2D eigenvalue weighted by molar-refractivity contribution is 5.92. The van der Waals surface area contributed by atoms with Gasteiger partial charge in [0.25, 0.3) is 0 Å². The number of amides is 1. The molecule has 0 radical (unpaired) electrons. The van der Waals surface area contributed by atoms with Crippen molar-refractivity contribution in [2.45, 2.75) is 18.4 Å². The minimum absolute atomic E-state index is 0.0831. The van der Waals surface area contributed by atoms with Crippen molar-refractivity contribution < 1.29 is 14.3 Å². The second kappa shape index (κ2) is 7.21. The van der Waals surface area contributed by atoms with Gasteiger partial charge in [-0.2, -0.15) is 0 Å². The van der Waals surface area contributed by atoms with Crippen LogP contribution in [0.25, 0.3) is 6.08 Å². The highest BCUT2D eigenvalue weighted by Crippen LogP contribution is 2.40. The molecule has 2 aromatic rings. The van der Waals surface area contributed by atoms with Gasteiger partial charge in [-0.15, -0.1) is 0 Å². The third-order valence-electron chi connectivity index (χ3n) is 4.15. The number of methoxy groups -OCH3 is 2. The highest BCUT2D eigenvalue weighted by atomic mass is 16.5. The number of ether oxygens (including phenoxy) is 2. The predicted molar refractivity (Wildman–Crippen MR) is 94.3 cm³/mol. The third kappa shape index (κ3) is 3.96. The lowest BCUT2D eigenvalue weighted by molar-refractivity contribution is -0.116. The van der Waals surface area contributed by atoms with Gasteiger partial charge in [0.05, 0.1) is 14.2 Å². The van der Waals surface area contributed by atoms with Crippen LogP contribution in [0.5, 0.6) is 11.5 Å². The summed E-state index contributed by atoms with van der Waals surface area (Å²) in [7, 11) is 3.21. The molecule has 0 saturated heterocycles. The lowest BCUT2D eigenvalue weighted by Gasteiger charge is -2.06. The molecule has 1 N–H and O–H groups in total. The zero-order valence-corrected chi connectivity index (χ0v) is 13.9. The Bertz CT molecular complexity index is 718. The van der Waals surface area contributed by atoms with Gasteiger partial charge in [0, 0.05) is 24.1 Å². The molecule has 0 aliphatic heterocycles. The summed E-state index contributed by atoms with van der Waals surface area (Å²) in [5, 5.41) is 3.04. The van der Waals surface area contributed by atoms with Gasteiger partial charge < -0.3 is 14.8 Å². The summed E-state index contributed by atoms with van der Waals surface area (Å²) in [6, 6.07) is 16.0. The largest absolute Gasteiger partial charge is 0.497 e. The van der Waals surface area contributed by atoms with E-state index in [9.17, 15) is 4.79 Å². The Morgan fingerprint density at radius 1 is 1.08 bits per heavy atom. The second-order valence-electron chi connectivity index (χ2n) is 5.85. The smallest absolute Gasteiger partial charge is 0.244 e. The van der Waals surface area contributed by atoms with E-state index in [1.54, 1.807) is 32.4 Å². The Labute approximate surface area is 142 Å². The number of carbonyl (C=O) groups is 1. The van der Waals surface area contributed by atoms with Crippen LogP contribution in [0.15, 0.2) is 54.6 Å². The molecule has 1 saturated carbocycles. The number of hydrogen-bond acceptors (Lipinski definition) is 3. The molecule has 1 amide bonds. The van der Waals surface area contributed by atoms with E-state index < -0.39 is 0 Å². The maximum absolute atomic E-state index is 12.1. The van der Waals surface area contributed by atoms with Crippen molar-refractivity contribution in [1.29, 1.82) is 0 Å². The minimum atomic E-state index is -0.0831. The van der Waals surface area contributed by atoms with E-state index in [0.717, 1.165) is 12.0 Å². The van der Waals surface area contributed by atoms with Gasteiger partial charge in [0.2, 0.25) is 5.91 Å². The fourth-order valence-electron chi connectivity index (χ4n) is 2.75. The molecule has 1 fully saturated rings. The molecule has 0 aromatic heterocycles. The summed E-state index contributed by atoms with van der Waals surface area (Å²) >= 11 is 0. The zero-order valence-electron chi connectivity index (χ0n) is 13.9. The average Bonchev–Trinajstić information content (AvgIpc) is 3.39. The maximum atomic E-state index is 12.1. The van der Waals surface area contributed by atoms with Gasteiger partial charge in [-0.25, -0.2) is 0 Å². The summed E-state index contributed by atoms with van der Waals surface area (Å²) in [5.41, 5.74) is 2.14. The number of carbonyl (C=O) groups excluding carboxylic acids is 1. The van der Waals surface area contributed by atoms with Gasteiger partial charge >= 0.3 is 0 Å². The fourth-order valence-corrected chi connectivity index (χ4v) is 2.75. The van der Waals surface area contributed by atoms with Crippen molar-refractivity contribution in [3.05, 3.63) is 65.7 Å². The van der Waals surface area contributed by atoms with E-state index in [0.29, 0.717) is 17.4 Å². The number of rotatable bonds is 6. The van der Waals surface area contributed by atoms with Gasteiger partial charge in [0.15, 0.2) is 0 Å². The molecule has 1 aliphatic rings. The zero-order chi connectivity index (χ0) is 16.9. The first-order valence-electron chi connectivity index (χ1n) is 7.96. The van der Waals surface area contributed by atoms with Crippen molar-refractivity contribution in [3.63, 3.8) is 0 Å². The molecule has 124 valence electrons. The molecule has 2 unspecified atom stereocenters. The predicted octanol–water partition coefficient (Wildman–Crippen LogP) is 3.39. The maximum Gasteiger partial charge on any atom is 0.244 e. The van der Waals surface area contributed by atoms with Crippen LogP contribution in [-0.4, -0.2) is 26.2 Å². The first-order valence-corrected chi connectivity index (χ1v) is 7.96. The molecule has 2 aromatic carbocycles. The highest BCUT2D eigenvalue weighted by Gasteiger charge is 2.38. The molecule has 0 bridgehead atoms. The Morgan fingerprint density at radius 3 is 2.38 bits per heavy atom. The van der Waals surface area contributed by atoms with Gasteiger partial charge in [-0.05, 0) is 35.8 Å². The monoisotopic (exact) mass is 323 g/mol. The van der Waals surface area contributed by atoms with E-state index in [2.05, 4.69) is 17.4 Å². The Kier molecular flexibility index (Phi) is 4.85. The van der Waals surface area contributed by atoms with Crippen LogP contribution in [0.4, 0.5) is 0 Å². The molecule has 24 heavy (non-hydrogen) atoms. The standard InChI is InChI=1S/C20H21NO3/c1-23-16-10-14(11-17(12-16)24-2)8-9-20(22)21-19-13-18(19)15-6-4-3-5-7-15/h3-12,18-19H,13H2,1-2H3,(H,21,22). The van der Waals surface area contributed by atoms with E-state index in [1.165, 1.54) is 5.56 Å². The Balaban J connectivity index is 1.59. The molecular formula is C20H21NO3. The van der Waals surface area contributed by atoms with Crippen molar-refractivity contribution in [2.24, 2.45) is 0 Å². The summed E-state index contributed by atoms with van der Waals surface area (Å²) in [6.07, 6.45) is 4.31.